The molecule has 1 aliphatic heterocycles. The molecule has 2 atom stereocenters. The van der Waals surface area contributed by atoms with Crippen molar-refractivity contribution in [3.8, 4) is 0 Å². The minimum absolute atomic E-state index is 0.0290. The van der Waals surface area contributed by atoms with Gasteiger partial charge in [0.2, 0.25) is 0 Å². The van der Waals surface area contributed by atoms with Crippen LogP contribution in [0.3, 0.4) is 0 Å². The third-order valence-electron chi connectivity index (χ3n) is 4.09. The molecule has 0 aliphatic carbocycles. The molecule has 2 aromatic rings. The summed E-state index contributed by atoms with van der Waals surface area (Å²) < 4.78 is 13.2. The number of carbonyl (C=O) groups excluding carboxylic acids is 1. The van der Waals surface area contributed by atoms with Crippen LogP contribution in [0, 0.1) is 13.8 Å². The van der Waals surface area contributed by atoms with Crippen molar-refractivity contribution in [1.82, 2.24) is 14.9 Å². The number of carbonyl (C=O) groups is 1. The monoisotopic (exact) mass is 303 g/mol. The Morgan fingerprint density at radius 3 is 2.91 bits per heavy atom. The molecule has 6 nitrogen and oxygen atoms in total. The third kappa shape index (κ3) is 2.92. The number of nitrogens with one attached hydrogen (secondary N) is 1. The molecule has 1 saturated heterocycles. The van der Waals surface area contributed by atoms with Gasteiger partial charge in [0.25, 0.3) is 5.91 Å². The Labute approximate surface area is 129 Å². The van der Waals surface area contributed by atoms with Crippen LogP contribution in [0.25, 0.3) is 0 Å². The van der Waals surface area contributed by atoms with Gasteiger partial charge in [-0.25, -0.2) is 4.98 Å². The molecule has 6 heteroatoms. The molecule has 1 N–H and O–H groups in total. The van der Waals surface area contributed by atoms with Crippen LogP contribution < -0.4 is 5.32 Å². The van der Waals surface area contributed by atoms with Crippen molar-refractivity contribution in [3.63, 3.8) is 0 Å². The molecule has 3 rings (SSSR count). The zero-order chi connectivity index (χ0) is 15.7. The SMILES string of the molecule is Cc1cc(C(=O)N[C@@H]2CCO[C@H](c3cncn3C)C2)c(C)o1. The molecule has 1 fully saturated rings. The van der Waals surface area contributed by atoms with Crippen molar-refractivity contribution < 1.29 is 13.9 Å². The van der Waals surface area contributed by atoms with E-state index in [1.165, 1.54) is 0 Å². The molecular weight excluding hydrogens is 282 g/mol. The van der Waals surface area contributed by atoms with E-state index >= 15 is 0 Å². The average molecular weight is 303 g/mol. The number of nitrogens with zero attached hydrogens (tertiary/aromatic N) is 2. The van der Waals surface area contributed by atoms with Crippen LogP contribution in [-0.4, -0.2) is 28.1 Å². The maximum atomic E-state index is 12.4. The van der Waals surface area contributed by atoms with Gasteiger partial charge >= 0.3 is 0 Å². The van der Waals surface area contributed by atoms with Gasteiger partial charge in [-0.2, -0.15) is 0 Å². The normalized spacial score (nSPS) is 21.8. The second-order valence-electron chi connectivity index (χ2n) is 5.81. The van der Waals surface area contributed by atoms with Gasteiger partial charge in [-0.05, 0) is 32.8 Å². The van der Waals surface area contributed by atoms with E-state index in [9.17, 15) is 4.79 Å². The van der Waals surface area contributed by atoms with Crippen LogP contribution in [-0.2, 0) is 11.8 Å². The van der Waals surface area contributed by atoms with Gasteiger partial charge < -0.3 is 19.0 Å². The summed E-state index contributed by atoms with van der Waals surface area (Å²) in [7, 11) is 1.95. The summed E-state index contributed by atoms with van der Waals surface area (Å²) in [5.74, 6) is 1.33. The van der Waals surface area contributed by atoms with Crippen molar-refractivity contribution in [2.24, 2.45) is 7.05 Å². The topological polar surface area (TPSA) is 69.3 Å². The number of hydrogen-bond acceptors (Lipinski definition) is 4. The first-order chi connectivity index (χ1) is 10.5. The van der Waals surface area contributed by atoms with Crippen LogP contribution in [0.1, 0.15) is 46.5 Å². The summed E-state index contributed by atoms with van der Waals surface area (Å²) in [6.07, 6.45) is 5.12. The van der Waals surface area contributed by atoms with Crippen molar-refractivity contribution >= 4 is 5.91 Å². The highest BCUT2D eigenvalue weighted by atomic mass is 16.5. The number of imidazole rings is 1. The zero-order valence-corrected chi connectivity index (χ0v) is 13.1. The highest BCUT2D eigenvalue weighted by Crippen LogP contribution is 2.28. The first-order valence-corrected chi connectivity index (χ1v) is 7.50. The number of aromatic nitrogens is 2. The number of furan rings is 1. The van der Waals surface area contributed by atoms with E-state index < -0.39 is 0 Å². The Morgan fingerprint density at radius 2 is 2.27 bits per heavy atom. The van der Waals surface area contributed by atoms with Crippen molar-refractivity contribution in [2.45, 2.75) is 38.8 Å². The van der Waals surface area contributed by atoms with E-state index in [0.717, 1.165) is 24.3 Å². The van der Waals surface area contributed by atoms with E-state index in [2.05, 4.69) is 10.3 Å². The molecular formula is C16H21N3O3. The molecule has 0 radical (unpaired) electrons. The smallest absolute Gasteiger partial charge is 0.255 e. The Morgan fingerprint density at radius 1 is 1.45 bits per heavy atom. The maximum Gasteiger partial charge on any atom is 0.255 e. The van der Waals surface area contributed by atoms with Crippen LogP contribution >= 0.6 is 0 Å². The summed E-state index contributed by atoms with van der Waals surface area (Å²) in [6, 6.07) is 1.87. The van der Waals surface area contributed by atoms with Gasteiger partial charge in [0.15, 0.2) is 0 Å². The molecule has 0 saturated carbocycles. The van der Waals surface area contributed by atoms with Crippen LogP contribution in [0.2, 0.25) is 0 Å². The Balaban J connectivity index is 1.67. The number of ether oxygens (including phenoxy) is 1. The molecule has 3 heterocycles. The molecule has 1 amide bonds. The van der Waals surface area contributed by atoms with Crippen molar-refractivity contribution in [1.29, 1.82) is 0 Å². The van der Waals surface area contributed by atoms with Crippen LogP contribution in [0.15, 0.2) is 23.0 Å². The van der Waals surface area contributed by atoms with E-state index in [1.807, 2.05) is 31.7 Å². The second-order valence-corrected chi connectivity index (χ2v) is 5.81. The Hall–Kier alpha value is -2.08. The molecule has 0 unspecified atom stereocenters. The molecule has 0 bridgehead atoms. The van der Waals surface area contributed by atoms with E-state index in [1.54, 1.807) is 12.4 Å². The lowest BCUT2D eigenvalue weighted by Crippen LogP contribution is -2.40. The van der Waals surface area contributed by atoms with E-state index in [0.29, 0.717) is 17.9 Å². The first kappa shape index (κ1) is 14.8. The van der Waals surface area contributed by atoms with Crippen LogP contribution in [0.4, 0.5) is 0 Å². The number of rotatable bonds is 3. The standard InChI is InChI=1S/C16H21N3O3/c1-10-6-13(11(2)22-10)16(20)18-12-4-5-21-15(7-12)14-8-17-9-19(14)3/h6,8-9,12,15H,4-5,7H2,1-3H3,(H,18,20)/t12-,15+/m1/s1. The fourth-order valence-electron chi connectivity index (χ4n) is 2.93. The summed E-state index contributed by atoms with van der Waals surface area (Å²) in [5.41, 5.74) is 1.65. The quantitative estimate of drug-likeness (QED) is 0.944. The lowest BCUT2D eigenvalue weighted by molar-refractivity contribution is -0.00302. The molecule has 0 spiro atoms. The predicted octanol–water partition coefficient (Wildman–Crippen LogP) is 2.28. The zero-order valence-electron chi connectivity index (χ0n) is 13.1. The van der Waals surface area contributed by atoms with Gasteiger partial charge in [-0.3, -0.25) is 4.79 Å². The highest BCUT2D eigenvalue weighted by molar-refractivity contribution is 5.95. The largest absolute Gasteiger partial charge is 0.466 e. The average Bonchev–Trinajstić information content (AvgIpc) is 3.04. The minimum Gasteiger partial charge on any atom is -0.466 e. The first-order valence-electron chi connectivity index (χ1n) is 7.50. The fraction of sp³-hybridized carbons (Fsp3) is 0.500. The van der Waals surface area contributed by atoms with E-state index in [4.69, 9.17) is 9.15 Å². The summed E-state index contributed by atoms with van der Waals surface area (Å²) in [4.78, 5) is 16.5. The highest BCUT2D eigenvalue weighted by Gasteiger charge is 2.27. The van der Waals surface area contributed by atoms with E-state index in [-0.39, 0.29) is 18.1 Å². The molecule has 2 aromatic heterocycles. The van der Waals surface area contributed by atoms with Gasteiger partial charge in [-0.15, -0.1) is 0 Å². The predicted molar refractivity (Wildman–Crippen MR) is 80.6 cm³/mol. The van der Waals surface area contributed by atoms with Gasteiger partial charge in [0.1, 0.15) is 17.6 Å². The molecule has 22 heavy (non-hydrogen) atoms. The van der Waals surface area contributed by atoms with Gasteiger partial charge in [0.05, 0.1) is 23.8 Å². The third-order valence-corrected chi connectivity index (χ3v) is 4.09. The summed E-state index contributed by atoms with van der Waals surface area (Å²) in [5, 5.41) is 3.09. The minimum atomic E-state index is -0.0787. The molecule has 1 aliphatic rings. The Kier molecular flexibility index (Phi) is 4.02. The Bertz CT molecular complexity index is 674. The van der Waals surface area contributed by atoms with Crippen LogP contribution in [0.5, 0.6) is 0 Å². The fourth-order valence-corrected chi connectivity index (χ4v) is 2.93. The second kappa shape index (κ2) is 5.96. The van der Waals surface area contributed by atoms with Crippen molar-refractivity contribution in [2.75, 3.05) is 6.61 Å². The number of aryl methyl sites for hydroxylation is 3. The van der Waals surface area contributed by atoms with Gasteiger partial charge in [0, 0.05) is 19.7 Å². The molecule has 0 aromatic carbocycles. The van der Waals surface area contributed by atoms with Crippen molar-refractivity contribution in [3.05, 3.63) is 41.4 Å². The maximum absolute atomic E-state index is 12.4. The summed E-state index contributed by atoms with van der Waals surface area (Å²) in [6.45, 7) is 4.28. The molecule has 118 valence electrons. The number of amides is 1. The number of hydrogen-bond donors (Lipinski definition) is 1. The lowest BCUT2D eigenvalue weighted by Gasteiger charge is -2.30. The summed E-state index contributed by atoms with van der Waals surface area (Å²) >= 11 is 0. The van der Waals surface area contributed by atoms with Gasteiger partial charge in [-0.1, -0.05) is 0 Å². The lowest BCUT2D eigenvalue weighted by atomic mass is 10.0.